The largest absolute Gasteiger partial charge is 0.497 e. The van der Waals surface area contributed by atoms with Crippen molar-refractivity contribution in [2.24, 2.45) is 0 Å². The number of ether oxygens (including phenoxy) is 1. The molecule has 10 heteroatoms. The van der Waals surface area contributed by atoms with Gasteiger partial charge in [-0.05, 0) is 68.7 Å². The highest BCUT2D eigenvalue weighted by Crippen LogP contribution is 2.31. The van der Waals surface area contributed by atoms with Gasteiger partial charge < -0.3 is 15.0 Å². The fourth-order valence-corrected chi connectivity index (χ4v) is 6.05. The molecule has 3 aromatic carbocycles. The van der Waals surface area contributed by atoms with Crippen LogP contribution in [0.3, 0.4) is 0 Å². The van der Waals surface area contributed by atoms with Crippen molar-refractivity contribution in [2.45, 2.75) is 64.1 Å². The van der Waals surface area contributed by atoms with Gasteiger partial charge in [0, 0.05) is 12.6 Å². The number of halogens is 1. The molecule has 8 nitrogen and oxygen atoms in total. The Morgan fingerprint density at radius 2 is 1.66 bits per heavy atom. The summed E-state index contributed by atoms with van der Waals surface area (Å²) in [5, 5.41) is 3.15. The predicted molar refractivity (Wildman–Crippen MR) is 163 cm³/mol. The van der Waals surface area contributed by atoms with Gasteiger partial charge in [0.25, 0.3) is 10.0 Å². The molecule has 0 aliphatic carbocycles. The number of methoxy groups -OCH3 is 1. The molecule has 0 fully saturated rings. The summed E-state index contributed by atoms with van der Waals surface area (Å²) in [6.45, 7) is 7.05. The van der Waals surface area contributed by atoms with Gasteiger partial charge in [-0.2, -0.15) is 0 Å². The monoisotopic (exact) mass is 599 g/mol. The first-order chi connectivity index (χ1) is 19.5. The van der Waals surface area contributed by atoms with E-state index in [1.165, 1.54) is 17.0 Å². The van der Waals surface area contributed by atoms with Gasteiger partial charge in [0.15, 0.2) is 0 Å². The van der Waals surface area contributed by atoms with Crippen molar-refractivity contribution < 1.29 is 22.7 Å². The Labute approximate surface area is 248 Å². The number of anilines is 1. The number of sulfonamides is 1. The Morgan fingerprint density at radius 3 is 2.27 bits per heavy atom. The first-order valence-electron chi connectivity index (χ1n) is 13.6. The highest BCUT2D eigenvalue weighted by Gasteiger charge is 2.34. The van der Waals surface area contributed by atoms with E-state index >= 15 is 0 Å². The second-order valence-corrected chi connectivity index (χ2v) is 12.2. The summed E-state index contributed by atoms with van der Waals surface area (Å²) < 4.78 is 34.3. The second-order valence-electron chi connectivity index (χ2n) is 9.89. The number of benzene rings is 3. The van der Waals surface area contributed by atoms with Gasteiger partial charge >= 0.3 is 0 Å². The third-order valence-corrected chi connectivity index (χ3v) is 8.98. The van der Waals surface area contributed by atoms with Gasteiger partial charge in [0.05, 0.1) is 22.7 Å². The van der Waals surface area contributed by atoms with Crippen molar-refractivity contribution in [3.63, 3.8) is 0 Å². The first-order valence-corrected chi connectivity index (χ1v) is 15.4. The summed E-state index contributed by atoms with van der Waals surface area (Å²) in [4.78, 5) is 29.0. The summed E-state index contributed by atoms with van der Waals surface area (Å²) in [6, 6.07) is 19.1. The molecule has 0 radical (unpaired) electrons. The van der Waals surface area contributed by atoms with E-state index < -0.39 is 28.5 Å². The fraction of sp³-hybridized carbons (Fsp3) is 0.355. The van der Waals surface area contributed by atoms with E-state index in [1.807, 2.05) is 33.8 Å². The van der Waals surface area contributed by atoms with Crippen LogP contribution in [0.5, 0.6) is 5.75 Å². The molecule has 3 aromatic rings. The lowest BCUT2D eigenvalue weighted by Crippen LogP contribution is -2.53. The maximum absolute atomic E-state index is 14.2. The Bertz CT molecular complexity index is 1450. The summed E-state index contributed by atoms with van der Waals surface area (Å²) in [5.74, 6) is -0.245. The van der Waals surface area contributed by atoms with Gasteiger partial charge in [0.1, 0.15) is 18.3 Å². The molecular formula is C31H38ClN3O5S. The summed E-state index contributed by atoms with van der Waals surface area (Å²) in [6.07, 6.45) is 1.05. The zero-order valence-electron chi connectivity index (χ0n) is 24.1. The van der Waals surface area contributed by atoms with Crippen molar-refractivity contribution in [2.75, 3.05) is 18.0 Å². The van der Waals surface area contributed by atoms with Crippen LogP contribution in [0.2, 0.25) is 5.02 Å². The molecule has 0 aromatic heterocycles. The number of carbonyl (C=O) groups excluding carboxylic acids is 2. The predicted octanol–water partition coefficient (Wildman–Crippen LogP) is 5.57. The minimum Gasteiger partial charge on any atom is -0.497 e. The molecule has 220 valence electrons. The lowest BCUT2D eigenvalue weighted by Gasteiger charge is -2.34. The molecule has 0 saturated heterocycles. The van der Waals surface area contributed by atoms with Crippen LogP contribution in [0.4, 0.5) is 5.69 Å². The number of nitrogens with one attached hydrogen (secondary N) is 1. The van der Waals surface area contributed by atoms with E-state index in [9.17, 15) is 18.0 Å². The van der Waals surface area contributed by atoms with Crippen LogP contribution in [0.25, 0.3) is 0 Å². The van der Waals surface area contributed by atoms with E-state index in [1.54, 1.807) is 61.7 Å². The van der Waals surface area contributed by atoms with Crippen molar-refractivity contribution in [1.29, 1.82) is 0 Å². The van der Waals surface area contributed by atoms with Crippen molar-refractivity contribution in [1.82, 2.24) is 10.2 Å². The topological polar surface area (TPSA) is 96.0 Å². The molecule has 2 atom stereocenters. The summed E-state index contributed by atoms with van der Waals surface area (Å²) in [7, 11) is -2.65. The highest BCUT2D eigenvalue weighted by molar-refractivity contribution is 7.92. The molecule has 0 aliphatic rings. The van der Waals surface area contributed by atoms with Crippen LogP contribution in [0, 0.1) is 6.92 Å². The van der Waals surface area contributed by atoms with Gasteiger partial charge in [-0.15, -0.1) is 0 Å². The third kappa shape index (κ3) is 8.01. The number of amides is 2. The Hall–Kier alpha value is -3.56. The lowest BCUT2D eigenvalue weighted by atomic mass is 10.1. The van der Waals surface area contributed by atoms with Crippen molar-refractivity contribution in [3.8, 4) is 5.75 Å². The van der Waals surface area contributed by atoms with Crippen LogP contribution in [-0.4, -0.2) is 50.9 Å². The lowest BCUT2D eigenvalue weighted by molar-refractivity contribution is -0.140. The fourth-order valence-electron chi connectivity index (χ4n) is 4.33. The molecule has 1 N–H and O–H groups in total. The Balaban J connectivity index is 2.08. The number of hydrogen-bond donors (Lipinski definition) is 1. The quantitative estimate of drug-likeness (QED) is 0.277. The molecule has 0 heterocycles. The zero-order valence-corrected chi connectivity index (χ0v) is 25.7. The van der Waals surface area contributed by atoms with Gasteiger partial charge in [-0.3, -0.25) is 13.9 Å². The third-order valence-electron chi connectivity index (χ3n) is 6.88. The normalized spacial score (nSPS) is 12.7. The van der Waals surface area contributed by atoms with Crippen LogP contribution in [0.1, 0.15) is 44.7 Å². The molecule has 0 bridgehead atoms. The smallest absolute Gasteiger partial charge is 0.264 e. The number of hydrogen-bond acceptors (Lipinski definition) is 5. The van der Waals surface area contributed by atoms with Crippen LogP contribution in [0.15, 0.2) is 77.7 Å². The van der Waals surface area contributed by atoms with E-state index in [4.69, 9.17) is 16.3 Å². The summed E-state index contributed by atoms with van der Waals surface area (Å²) >= 11 is 6.47. The number of carbonyl (C=O) groups is 2. The van der Waals surface area contributed by atoms with Crippen LogP contribution in [-0.2, 0) is 26.2 Å². The Morgan fingerprint density at radius 1 is 0.976 bits per heavy atom. The van der Waals surface area contributed by atoms with E-state index in [0.29, 0.717) is 12.2 Å². The Kier molecular flexibility index (Phi) is 11.2. The average Bonchev–Trinajstić information content (AvgIpc) is 2.96. The number of nitrogens with zero attached hydrogens (tertiary/aromatic N) is 2. The maximum Gasteiger partial charge on any atom is 0.264 e. The molecule has 0 aliphatic heterocycles. The average molecular weight is 600 g/mol. The standard InChI is InChI=1S/C31H38ClN3O5S/c1-6-23(4)33-31(37)28(7-2)34(20-24-11-10-12-25(19-24)40-5)30(36)21-35(29-14-9-8-13-27(29)32)41(38,39)26-17-15-22(3)16-18-26/h8-19,23,28H,6-7,20-21H2,1-5H3,(H,33,37)/t23-,28+/m0/s1. The number of para-hydroxylation sites is 1. The van der Waals surface area contributed by atoms with Crippen molar-refractivity contribution >= 4 is 39.1 Å². The summed E-state index contributed by atoms with van der Waals surface area (Å²) in [5.41, 5.74) is 1.80. The molecule has 2 amide bonds. The minimum atomic E-state index is -4.20. The molecule has 41 heavy (non-hydrogen) atoms. The minimum absolute atomic E-state index is 0.0247. The van der Waals surface area contributed by atoms with E-state index in [-0.39, 0.29) is 34.1 Å². The van der Waals surface area contributed by atoms with Crippen LogP contribution >= 0.6 is 11.6 Å². The number of rotatable bonds is 13. The molecular weight excluding hydrogens is 562 g/mol. The molecule has 0 saturated carbocycles. The highest BCUT2D eigenvalue weighted by atomic mass is 35.5. The van der Waals surface area contributed by atoms with E-state index in [0.717, 1.165) is 21.9 Å². The van der Waals surface area contributed by atoms with Gasteiger partial charge in [-0.25, -0.2) is 8.42 Å². The van der Waals surface area contributed by atoms with Gasteiger partial charge in [-0.1, -0.05) is 67.4 Å². The van der Waals surface area contributed by atoms with Gasteiger partial charge in [0.2, 0.25) is 11.8 Å². The van der Waals surface area contributed by atoms with E-state index in [2.05, 4.69) is 5.32 Å². The molecule has 3 rings (SSSR count). The zero-order chi connectivity index (χ0) is 30.2. The SMILES string of the molecule is CC[C@H](C(=O)N[C@@H](C)CC)N(Cc1cccc(OC)c1)C(=O)CN(c1ccccc1Cl)S(=O)(=O)c1ccc(C)cc1. The first kappa shape index (κ1) is 32.0. The molecule has 0 unspecified atom stereocenters. The number of aryl methyl sites for hydroxylation is 1. The molecule has 0 spiro atoms. The van der Waals surface area contributed by atoms with Crippen molar-refractivity contribution in [3.05, 3.63) is 88.9 Å². The van der Waals surface area contributed by atoms with Crippen LogP contribution < -0.4 is 14.4 Å². The second kappa shape index (κ2) is 14.4. The maximum atomic E-state index is 14.2.